The average molecular weight is 246 g/mol. The van der Waals surface area contributed by atoms with E-state index >= 15 is 0 Å². The molecule has 3 aromatic heterocycles. The first-order chi connectivity index (χ1) is 9.38. The molecule has 0 fully saturated rings. The standard InChI is InChI=1S/C13H9BN5/c1-14-10-12-17-8-4-2-3-5-9(8)19(12)13-11(18-10)15-6-7-16-13/h2-7H,1H3. The van der Waals surface area contributed by atoms with Crippen molar-refractivity contribution in [3.63, 3.8) is 0 Å². The number of imidazole rings is 1. The summed E-state index contributed by atoms with van der Waals surface area (Å²) in [7, 11) is 1.94. The van der Waals surface area contributed by atoms with Crippen LogP contribution in [0.2, 0.25) is 6.82 Å². The zero-order valence-electron chi connectivity index (χ0n) is 10.3. The summed E-state index contributed by atoms with van der Waals surface area (Å²) >= 11 is 0. The van der Waals surface area contributed by atoms with Crippen molar-refractivity contribution in [2.45, 2.75) is 6.82 Å². The molecule has 0 saturated carbocycles. The van der Waals surface area contributed by atoms with Gasteiger partial charge >= 0.3 is 0 Å². The van der Waals surface area contributed by atoms with E-state index in [1.54, 1.807) is 12.4 Å². The molecule has 0 aliphatic carbocycles. The number of para-hydroxylation sites is 2. The molecule has 19 heavy (non-hydrogen) atoms. The minimum Gasteiger partial charge on any atom is -0.273 e. The molecule has 3 heterocycles. The molecule has 0 N–H and O–H groups in total. The topological polar surface area (TPSA) is 56.0 Å². The summed E-state index contributed by atoms with van der Waals surface area (Å²) in [5.41, 5.74) is 4.96. The molecular weight excluding hydrogens is 237 g/mol. The molecule has 4 aromatic rings. The second-order valence-corrected chi connectivity index (χ2v) is 4.25. The molecule has 6 heteroatoms. The maximum atomic E-state index is 4.64. The number of benzene rings is 1. The molecule has 5 nitrogen and oxygen atoms in total. The predicted octanol–water partition coefficient (Wildman–Crippen LogP) is 1.20. The lowest BCUT2D eigenvalue weighted by Crippen LogP contribution is -2.20. The quantitative estimate of drug-likeness (QED) is 0.473. The Labute approximate surface area is 109 Å². The lowest BCUT2D eigenvalue weighted by molar-refractivity contribution is 1.15. The Kier molecular flexibility index (Phi) is 2.06. The first-order valence-corrected chi connectivity index (χ1v) is 6.06. The average Bonchev–Trinajstić information content (AvgIpc) is 2.86. The van der Waals surface area contributed by atoms with E-state index in [1.807, 2.05) is 42.8 Å². The van der Waals surface area contributed by atoms with Gasteiger partial charge in [0.1, 0.15) is 0 Å². The molecule has 1 radical (unpaired) electrons. The van der Waals surface area contributed by atoms with E-state index in [1.165, 1.54) is 0 Å². The molecule has 0 aliphatic heterocycles. The van der Waals surface area contributed by atoms with Gasteiger partial charge < -0.3 is 0 Å². The van der Waals surface area contributed by atoms with E-state index in [-0.39, 0.29) is 0 Å². The normalized spacial score (nSPS) is 11.4. The van der Waals surface area contributed by atoms with Gasteiger partial charge in [-0.25, -0.2) is 19.9 Å². The number of hydrogen-bond acceptors (Lipinski definition) is 4. The van der Waals surface area contributed by atoms with Gasteiger partial charge in [0.2, 0.25) is 0 Å². The molecule has 0 amide bonds. The molecule has 89 valence electrons. The fourth-order valence-corrected chi connectivity index (χ4v) is 2.33. The molecule has 0 unspecified atom stereocenters. The van der Waals surface area contributed by atoms with Crippen molar-refractivity contribution < 1.29 is 0 Å². The van der Waals surface area contributed by atoms with Crippen LogP contribution in [0.3, 0.4) is 0 Å². The van der Waals surface area contributed by atoms with Gasteiger partial charge in [-0.15, -0.1) is 0 Å². The fraction of sp³-hybridized carbons (Fsp3) is 0.0769. The van der Waals surface area contributed by atoms with Crippen LogP contribution < -0.4 is 5.59 Å². The maximum absolute atomic E-state index is 4.64. The first kappa shape index (κ1) is 10.4. The predicted molar refractivity (Wildman–Crippen MR) is 74.8 cm³/mol. The summed E-state index contributed by atoms with van der Waals surface area (Å²) in [6, 6.07) is 7.99. The highest BCUT2D eigenvalue weighted by Crippen LogP contribution is 2.18. The zero-order chi connectivity index (χ0) is 12.8. The van der Waals surface area contributed by atoms with Crippen LogP contribution in [0.1, 0.15) is 0 Å². The van der Waals surface area contributed by atoms with E-state index in [4.69, 9.17) is 0 Å². The monoisotopic (exact) mass is 246 g/mol. The first-order valence-electron chi connectivity index (χ1n) is 6.06. The summed E-state index contributed by atoms with van der Waals surface area (Å²) in [6.45, 7) is 1.95. The van der Waals surface area contributed by atoms with Crippen LogP contribution in [-0.4, -0.2) is 31.6 Å². The lowest BCUT2D eigenvalue weighted by Gasteiger charge is -2.04. The van der Waals surface area contributed by atoms with Gasteiger partial charge in [0.05, 0.1) is 11.0 Å². The smallest absolute Gasteiger partial charge is 0.195 e. The van der Waals surface area contributed by atoms with Crippen molar-refractivity contribution >= 4 is 40.8 Å². The third-order valence-electron chi connectivity index (χ3n) is 3.16. The molecule has 1 aromatic carbocycles. The van der Waals surface area contributed by atoms with Gasteiger partial charge in [-0.3, -0.25) is 4.40 Å². The SMILES string of the molecule is C[B]c1nc2nccnc2n2c1nc1ccccc12. The Morgan fingerprint density at radius 3 is 2.74 bits per heavy atom. The van der Waals surface area contributed by atoms with Crippen molar-refractivity contribution in [3.8, 4) is 0 Å². The summed E-state index contributed by atoms with van der Waals surface area (Å²) < 4.78 is 2.01. The van der Waals surface area contributed by atoms with E-state index in [0.717, 1.165) is 27.9 Å². The summed E-state index contributed by atoms with van der Waals surface area (Å²) in [5.74, 6) is 0. The maximum Gasteiger partial charge on any atom is 0.195 e. The van der Waals surface area contributed by atoms with Crippen LogP contribution in [0.15, 0.2) is 36.7 Å². The molecular formula is C13H9BN5. The zero-order valence-corrected chi connectivity index (χ0v) is 10.3. The third-order valence-corrected chi connectivity index (χ3v) is 3.16. The molecule has 4 rings (SSSR count). The highest BCUT2D eigenvalue weighted by Gasteiger charge is 2.13. The summed E-state index contributed by atoms with van der Waals surface area (Å²) in [4.78, 5) is 17.8. The highest BCUT2D eigenvalue weighted by molar-refractivity contribution is 6.53. The van der Waals surface area contributed by atoms with Gasteiger partial charge in [-0.2, -0.15) is 0 Å². The van der Waals surface area contributed by atoms with Crippen molar-refractivity contribution in [2.24, 2.45) is 0 Å². The van der Waals surface area contributed by atoms with Gasteiger partial charge in [-0.05, 0) is 12.1 Å². The van der Waals surface area contributed by atoms with E-state index in [2.05, 4.69) is 19.9 Å². The van der Waals surface area contributed by atoms with Crippen LogP contribution in [-0.2, 0) is 0 Å². The highest BCUT2D eigenvalue weighted by atomic mass is 15.1. The van der Waals surface area contributed by atoms with Crippen LogP contribution in [0.25, 0.3) is 28.0 Å². The Bertz CT molecular complexity index is 915. The number of nitrogens with zero attached hydrogens (tertiary/aromatic N) is 5. The van der Waals surface area contributed by atoms with Gasteiger partial charge in [0.15, 0.2) is 24.2 Å². The van der Waals surface area contributed by atoms with Crippen molar-refractivity contribution in [1.29, 1.82) is 0 Å². The summed E-state index contributed by atoms with van der Waals surface area (Å²) in [6.07, 6.45) is 3.33. The van der Waals surface area contributed by atoms with Gasteiger partial charge in [0, 0.05) is 18.0 Å². The van der Waals surface area contributed by atoms with Crippen LogP contribution in [0, 0.1) is 0 Å². The number of rotatable bonds is 1. The Balaban J connectivity index is 2.36. The Hall–Kier alpha value is -2.50. The van der Waals surface area contributed by atoms with Crippen molar-refractivity contribution in [1.82, 2.24) is 24.3 Å². The molecule has 0 spiro atoms. The van der Waals surface area contributed by atoms with E-state index < -0.39 is 0 Å². The molecule has 0 saturated heterocycles. The van der Waals surface area contributed by atoms with Crippen molar-refractivity contribution in [3.05, 3.63) is 36.7 Å². The minimum atomic E-state index is 0.631. The minimum absolute atomic E-state index is 0.631. The Morgan fingerprint density at radius 2 is 1.84 bits per heavy atom. The van der Waals surface area contributed by atoms with Crippen LogP contribution >= 0.6 is 0 Å². The van der Waals surface area contributed by atoms with E-state index in [0.29, 0.717) is 5.65 Å². The van der Waals surface area contributed by atoms with Crippen molar-refractivity contribution in [2.75, 3.05) is 0 Å². The number of hydrogen-bond donors (Lipinski definition) is 0. The largest absolute Gasteiger partial charge is 0.273 e. The second kappa shape index (κ2) is 3.75. The van der Waals surface area contributed by atoms with Crippen LogP contribution in [0.5, 0.6) is 0 Å². The van der Waals surface area contributed by atoms with Gasteiger partial charge in [-0.1, -0.05) is 19.0 Å². The molecule has 0 bridgehead atoms. The Morgan fingerprint density at radius 1 is 1.00 bits per heavy atom. The number of fused-ring (bicyclic) bond motifs is 5. The number of aromatic nitrogens is 5. The van der Waals surface area contributed by atoms with Crippen LogP contribution in [0.4, 0.5) is 0 Å². The second-order valence-electron chi connectivity index (χ2n) is 4.25. The summed E-state index contributed by atoms with van der Waals surface area (Å²) in [5, 5.41) is 0. The van der Waals surface area contributed by atoms with Gasteiger partial charge in [0.25, 0.3) is 0 Å². The fourth-order valence-electron chi connectivity index (χ4n) is 2.33. The molecule has 0 aliphatic rings. The van der Waals surface area contributed by atoms with E-state index in [9.17, 15) is 0 Å². The molecule has 0 atom stereocenters. The lowest BCUT2D eigenvalue weighted by atomic mass is 9.78. The third kappa shape index (κ3) is 1.37.